The molecule has 1 aliphatic carbocycles. The zero-order chi connectivity index (χ0) is 15.5. The summed E-state index contributed by atoms with van der Waals surface area (Å²) in [6, 6.07) is 0.0464. The summed E-state index contributed by atoms with van der Waals surface area (Å²) >= 11 is 0. The molecule has 0 aromatic carbocycles. The number of rotatable bonds is 4. The molecule has 1 saturated carbocycles. The highest BCUT2D eigenvalue weighted by atomic mass is 16.5. The molecular formula is C15H26N2O4. The number of nitrogens with one attached hydrogen (secondary N) is 2. The summed E-state index contributed by atoms with van der Waals surface area (Å²) < 4.78 is 5.35. The first-order valence-corrected chi connectivity index (χ1v) is 7.78. The zero-order valence-corrected chi connectivity index (χ0v) is 12.9. The van der Waals surface area contributed by atoms with Crippen LogP contribution in [-0.2, 0) is 9.53 Å². The van der Waals surface area contributed by atoms with Gasteiger partial charge in [0.2, 0.25) is 0 Å². The van der Waals surface area contributed by atoms with E-state index in [1.54, 1.807) is 0 Å². The molecule has 21 heavy (non-hydrogen) atoms. The SMILES string of the molecule is CC1(C)CCCC(NC(=O)NCC2CCC(C(=O)O)O2)C1. The summed E-state index contributed by atoms with van der Waals surface area (Å²) in [5.74, 6) is -0.925. The molecular weight excluding hydrogens is 272 g/mol. The summed E-state index contributed by atoms with van der Waals surface area (Å²) in [7, 11) is 0. The number of urea groups is 1. The number of carboxylic acid groups (broad SMARTS) is 1. The molecule has 1 aliphatic heterocycles. The Bertz CT molecular complexity index is 397. The molecule has 2 amide bonds. The molecule has 3 N–H and O–H groups in total. The van der Waals surface area contributed by atoms with Crippen molar-refractivity contribution in [2.45, 2.75) is 70.6 Å². The van der Waals surface area contributed by atoms with E-state index in [0.717, 1.165) is 19.3 Å². The van der Waals surface area contributed by atoms with Crippen LogP contribution in [0.5, 0.6) is 0 Å². The van der Waals surface area contributed by atoms with Gasteiger partial charge in [-0.1, -0.05) is 20.3 Å². The Morgan fingerprint density at radius 3 is 2.67 bits per heavy atom. The van der Waals surface area contributed by atoms with E-state index in [1.807, 2.05) is 0 Å². The van der Waals surface area contributed by atoms with Gasteiger partial charge in [0.1, 0.15) is 0 Å². The molecule has 0 aromatic rings. The van der Waals surface area contributed by atoms with Crippen molar-refractivity contribution < 1.29 is 19.4 Å². The maximum Gasteiger partial charge on any atom is 0.332 e. The average molecular weight is 298 g/mol. The second kappa shape index (κ2) is 6.64. The Labute approximate surface area is 125 Å². The fourth-order valence-electron chi connectivity index (χ4n) is 3.30. The van der Waals surface area contributed by atoms with E-state index in [0.29, 0.717) is 24.8 Å². The van der Waals surface area contributed by atoms with Crippen molar-refractivity contribution >= 4 is 12.0 Å². The van der Waals surface area contributed by atoms with Crippen molar-refractivity contribution in [3.8, 4) is 0 Å². The monoisotopic (exact) mass is 298 g/mol. The third-order valence-electron chi connectivity index (χ3n) is 4.41. The van der Waals surface area contributed by atoms with Gasteiger partial charge in [0.05, 0.1) is 6.10 Å². The number of carbonyl (C=O) groups excluding carboxylic acids is 1. The summed E-state index contributed by atoms with van der Waals surface area (Å²) in [5.41, 5.74) is 0.291. The predicted octanol–water partition coefficient (Wildman–Crippen LogP) is 1.89. The van der Waals surface area contributed by atoms with Gasteiger partial charge in [-0.15, -0.1) is 0 Å². The van der Waals surface area contributed by atoms with Gasteiger partial charge < -0.3 is 20.5 Å². The Morgan fingerprint density at radius 1 is 1.29 bits per heavy atom. The Kier molecular flexibility index (Phi) is 5.08. The van der Waals surface area contributed by atoms with Gasteiger partial charge in [-0.3, -0.25) is 0 Å². The highest BCUT2D eigenvalue weighted by Gasteiger charge is 2.31. The summed E-state index contributed by atoms with van der Waals surface area (Å²) in [4.78, 5) is 22.7. The van der Waals surface area contributed by atoms with Crippen LogP contribution in [0.2, 0.25) is 0 Å². The Balaban J connectivity index is 1.67. The maximum atomic E-state index is 11.9. The van der Waals surface area contributed by atoms with E-state index in [2.05, 4.69) is 24.5 Å². The number of carboxylic acids is 1. The van der Waals surface area contributed by atoms with Crippen LogP contribution in [0.15, 0.2) is 0 Å². The van der Waals surface area contributed by atoms with Crippen molar-refractivity contribution in [2.24, 2.45) is 5.41 Å². The van der Waals surface area contributed by atoms with Crippen molar-refractivity contribution in [3.05, 3.63) is 0 Å². The molecule has 0 bridgehead atoms. The second-order valence-electron chi connectivity index (χ2n) is 6.97. The lowest BCUT2D eigenvalue weighted by molar-refractivity contribution is -0.149. The second-order valence-corrected chi connectivity index (χ2v) is 6.97. The summed E-state index contributed by atoms with van der Waals surface area (Å²) in [6.45, 7) is 4.83. The van der Waals surface area contributed by atoms with E-state index in [1.165, 1.54) is 6.42 Å². The molecule has 3 atom stereocenters. The lowest BCUT2D eigenvalue weighted by atomic mass is 9.75. The highest BCUT2D eigenvalue weighted by molar-refractivity contribution is 5.74. The third-order valence-corrected chi connectivity index (χ3v) is 4.41. The predicted molar refractivity (Wildman–Crippen MR) is 78.1 cm³/mol. The molecule has 6 nitrogen and oxygen atoms in total. The standard InChI is InChI=1S/C15H26N2O4/c1-15(2)7-3-4-10(8-15)17-14(20)16-9-11-5-6-12(21-11)13(18)19/h10-12H,3-9H2,1-2H3,(H,18,19)(H2,16,17,20). The van der Waals surface area contributed by atoms with Gasteiger partial charge in [0, 0.05) is 12.6 Å². The quantitative estimate of drug-likeness (QED) is 0.739. The number of hydrogen-bond donors (Lipinski definition) is 3. The molecule has 6 heteroatoms. The van der Waals surface area contributed by atoms with E-state index < -0.39 is 12.1 Å². The fourth-order valence-corrected chi connectivity index (χ4v) is 3.30. The van der Waals surface area contributed by atoms with Crippen molar-refractivity contribution in [3.63, 3.8) is 0 Å². The van der Waals surface area contributed by atoms with Gasteiger partial charge in [-0.05, 0) is 37.5 Å². The number of carbonyl (C=O) groups is 2. The first-order chi connectivity index (χ1) is 9.85. The average Bonchev–Trinajstić information content (AvgIpc) is 2.84. The first-order valence-electron chi connectivity index (χ1n) is 7.78. The largest absolute Gasteiger partial charge is 0.479 e. The van der Waals surface area contributed by atoms with Gasteiger partial charge in [0.15, 0.2) is 6.10 Å². The molecule has 3 unspecified atom stereocenters. The Hall–Kier alpha value is -1.30. The first kappa shape index (κ1) is 16.1. The normalized spacial score (nSPS) is 31.6. The van der Waals surface area contributed by atoms with Crippen LogP contribution in [0.4, 0.5) is 4.79 Å². The minimum absolute atomic E-state index is 0.180. The number of ether oxygens (including phenoxy) is 1. The lowest BCUT2D eigenvalue weighted by Gasteiger charge is -2.35. The van der Waals surface area contributed by atoms with E-state index >= 15 is 0 Å². The molecule has 0 aromatic heterocycles. The molecule has 1 heterocycles. The topological polar surface area (TPSA) is 87.7 Å². The minimum atomic E-state index is -0.925. The summed E-state index contributed by atoms with van der Waals surface area (Å²) in [6.07, 6.45) is 4.65. The smallest absolute Gasteiger partial charge is 0.332 e. The van der Waals surface area contributed by atoms with Crippen LogP contribution >= 0.6 is 0 Å². The van der Waals surface area contributed by atoms with Crippen molar-refractivity contribution in [1.82, 2.24) is 10.6 Å². The Morgan fingerprint density at radius 2 is 2.05 bits per heavy atom. The highest BCUT2D eigenvalue weighted by Crippen LogP contribution is 2.34. The molecule has 2 aliphatic rings. The number of aliphatic carboxylic acids is 1. The molecule has 0 radical (unpaired) electrons. The van der Waals surface area contributed by atoms with Crippen LogP contribution in [0.25, 0.3) is 0 Å². The van der Waals surface area contributed by atoms with E-state index in [9.17, 15) is 9.59 Å². The zero-order valence-electron chi connectivity index (χ0n) is 12.9. The van der Waals surface area contributed by atoms with Crippen LogP contribution in [0.1, 0.15) is 52.4 Å². The van der Waals surface area contributed by atoms with Gasteiger partial charge in [-0.2, -0.15) is 0 Å². The van der Waals surface area contributed by atoms with Gasteiger partial charge in [0.25, 0.3) is 0 Å². The molecule has 2 fully saturated rings. The fraction of sp³-hybridized carbons (Fsp3) is 0.867. The molecule has 2 rings (SSSR count). The minimum Gasteiger partial charge on any atom is -0.479 e. The van der Waals surface area contributed by atoms with Gasteiger partial charge in [-0.25, -0.2) is 9.59 Å². The van der Waals surface area contributed by atoms with Crippen LogP contribution in [0, 0.1) is 5.41 Å². The number of hydrogen-bond acceptors (Lipinski definition) is 3. The molecule has 0 spiro atoms. The number of amides is 2. The third kappa shape index (κ3) is 4.88. The van der Waals surface area contributed by atoms with Crippen molar-refractivity contribution in [2.75, 3.05) is 6.54 Å². The summed E-state index contributed by atoms with van der Waals surface area (Å²) in [5, 5.41) is 14.7. The van der Waals surface area contributed by atoms with E-state index in [-0.39, 0.29) is 18.2 Å². The van der Waals surface area contributed by atoms with Crippen molar-refractivity contribution in [1.29, 1.82) is 0 Å². The lowest BCUT2D eigenvalue weighted by Crippen LogP contribution is -2.47. The van der Waals surface area contributed by atoms with E-state index in [4.69, 9.17) is 9.84 Å². The van der Waals surface area contributed by atoms with Gasteiger partial charge >= 0.3 is 12.0 Å². The maximum absolute atomic E-state index is 11.9. The van der Waals surface area contributed by atoms with Crippen LogP contribution in [-0.4, -0.2) is 41.9 Å². The molecule has 1 saturated heterocycles. The van der Waals surface area contributed by atoms with Crippen LogP contribution in [0.3, 0.4) is 0 Å². The van der Waals surface area contributed by atoms with Crippen LogP contribution < -0.4 is 10.6 Å². The molecule has 120 valence electrons.